The number of benzene rings is 10. The van der Waals surface area contributed by atoms with Gasteiger partial charge in [-0.05, 0) is 115 Å². The molecule has 11 rings (SSSR count). The lowest BCUT2D eigenvalue weighted by Crippen LogP contribution is -2.09. The van der Waals surface area contributed by atoms with Crippen molar-refractivity contribution in [2.24, 2.45) is 0 Å². The molecule has 0 N–H and O–H groups in total. The maximum absolute atomic E-state index is 6.53. The highest BCUT2D eigenvalue weighted by Crippen LogP contribution is 2.42. The molecular formula is C56H37NO. The molecule has 10 aromatic carbocycles. The van der Waals surface area contributed by atoms with E-state index in [9.17, 15) is 0 Å². The zero-order chi connectivity index (χ0) is 38.4. The molecule has 2 heteroatoms. The van der Waals surface area contributed by atoms with Crippen molar-refractivity contribution in [3.63, 3.8) is 0 Å². The Hall–Kier alpha value is -7.68. The maximum Gasteiger partial charge on any atom is 0.143 e. The average molecular weight is 740 g/mol. The number of hydrogen-bond donors (Lipinski definition) is 0. The summed E-state index contributed by atoms with van der Waals surface area (Å²) in [5.41, 5.74) is 14.6. The Balaban J connectivity index is 0.976. The minimum absolute atomic E-state index is 0.899. The van der Waals surface area contributed by atoms with Crippen LogP contribution in [0.1, 0.15) is 0 Å². The second kappa shape index (κ2) is 14.1. The minimum Gasteiger partial charge on any atom is -0.455 e. The summed E-state index contributed by atoms with van der Waals surface area (Å²) in [5, 5.41) is 7.11. The zero-order valence-electron chi connectivity index (χ0n) is 31.7. The van der Waals surface area contributed by atoms with Crippen molar-refractivity contribution < 1.29 is 4.42 Å². The molecule has 0 saturated heterocycles. The van der Waals surface area contributed by atoms with Crippen LogP contribution in [0.4, 0.5) is 17.1 Å². The van der Waals surface area contributed by atoms with Crippen LogP contribution in [-0.4, -0.2) is 0 Å². The van der Waals surface area contributed by atoms with Crippen LogP contribution in [0, 0.1) is 0 Å². The van der Waals surface area contributed by atoms with Crippen LogP contribution < -0.4 is 4.90 Å². The molecule has 1 heterocycles. The Kier molecular flexibility index (Phi) is 8.19. The molecule has 0 unspecified atom stereocenters. The summed E-state index contributed by atoms with van der Waals surface area (Å²) in [6.45, 7) is 0. The van der Waals surface area contributed by atoms with Gasteiger partial charge in [-0.15, -0.1) is 0 Å². The highest BCUT2D eigenvalue weighted by molar-refractivity contribution is 6.19. The Morgan fingerprint density at radius 3 is 1.52 bits per heavy atom. The molecule has 0 atom stereocenters. The van der Waals surface area contributed by atoms with Gasteiger partial charge in [0.1, 0.15) is 11.2 Å². The highest BCUT2D eigenvalue weighted by Gasteiger charge is 2.17. The summed E-state index contributed by atoms with van der Waals surface area (Å²) in [5.74, 6) is 0. The first-order chi connectivity index (χ1) is 28.7. The SMILES string of the molecule is c1ccc(-c2ccc(N(c3ccc(-c4cccc(-c5cccc6ccccc56)c4)cc3)c3ccc(-c4cccc5oc6c7ccccc7ccc6c45)cc3)cc2)cc1. The summed E-state index contributed by atoms with van der Waals surface area (Å²) in [4.78, 5) is 2.34. The summed E-state index contributed by atoms with van der Waals surface area (Å²) in [7, 11) is 0. The first-order valence-corrected chi connectivity index (χ1v) is 19.8. The maximum atomic E-state index is 6.53. The van der Waals surface area contributed by atoms with Crippen LogP contribution in [0.15, 0.2) is 229 Å². The van der Waals surface area contributed by atoms with Crippen LogP contribution in [-0.2, 0) is 0 Å². The van der Waals surface area contributed by atoms with Crippen molar-refractivity contribution in [2.75, 3.05) is 4.90 Å². The van der Waals surface area contributed by atoms with E-state index in [2.05, 4.69) is 229 Å². The summed E-state index contributed by atoms with van der Waals surface area (Å²) >= 11 is 0. The topological polar surface area (TPSA) is 16.4 Å². The lowest BCUT2D eigenvalue weighted by molar-refractivity contribution is 0.673. The molecule has 0 spiro atoms. The third kappa shape index (κ3) is 5.91. The molecule has 58 heavy (non-hydrogen) atoms. The predicted octanol–water partition coefficient (Wildman–Crippen LogP) is 16.0. The van der Waals surface area contributed by atoms with Crippen molar-refractivity contribution in [1.82, 2.24) is 0 Å². The first kappa shape index (κ1) is 33.6. The molecule has 0 amide bonds. The number of fused-ring (bicyclic) bond motifs is 6. The zero-order valence-corrected chi connectivity index (χ0v) is 31.7. The highest BCUT2D eigenvalue weighted by atomic mass is 16.3. The number of hydrogen-bond acceptors (Lipinski definition) is 2. The van der Waals surface area contributed by atoms with Crippen LogP contribution in [0.2, 0.25) is 0 Å². The van der Waals surface area contributed by atoms with Gasteiger partial charge < -0.3 is 9.32 Å². The van der Waals surface area contributed by atoms with Crippen LogP contribution in [0.3, 0.4) is 0 Å². The molecule has 0 aliphatic heterocycles. The van der Waals surface area contributed by atoms with Gasteiger partial charge in [-0.25, -0.2) is 0 Å². The molecule has 0 saturated carbocycles. The molecule has 0 radical (unpaired) electrons. The van der Waals surface area contributed by atoms with Crippen LogP contribution >= 0.6 is 0 Å². The number of furan rings is 1. The van der Waals surface area contributed by atoms with E-state index in [0.717, 1.165) is 55.5 Å². The van der Waals surface area contributed by atoms with E-state index >= 15 is 0 Å². The summed E-state index contributed by atoms with van der Waals surface area (Å²) in [6.07, 6.45) is 0. The van der Waals surface area contributed by atoms with Crippen LogP contribution in [0.25, 0.3) is 88.0 Å². The fraction of sp³-hybridized carbons (Fsp3) is 0. The fourth-order valence-electron chi connectivity index (χ4n) is 8.61. The van der Waals surface area contributed by atoms with Crippen molar-refractivity contribution in [3.8, 4) is 44.5 Å². The molecule has 0 aliphatic carbocycles. The normalized spacial score (nSPS) is 11.4. The van der Waals surface area contributed by atoms with Crippen molar-refractivity contribution >= 4 is 60.5 Å². The summed E-state index contributed by atoms with van der Waals surface area (Å²) in [6, 6.07) is 80.6. The van der Waals surface area contributed by atoms with E-state index in [0.29, 0.717) is 0 Å². The van der Waals surface area contributed by atoms with E-state index in [1.54, 1.807) is 0 Å². The van der Waals surface area contributed by atoms with E-state index in [1.165, 1.54) is 49.5 Å². The average Bonchev–Trinajstić information content (AvgIpc) is 3.70. The Morgan fingerprint density at radius 1 is 0.293 bits per heavy atom. The van der Waals surface area contributed by atoms with E-state index in [-0.39, 0.29) is 0 Å². The molecule has 2 nitrogen and oxygen atoms in total. The van der Waals surface area contributed by atoms with E-state index in [4.69, 9.17) is 4.42 Å². The fourth-order valence-corrected chi connectivity index (χ4v) is 8.61. The molecule has 272 valence electrons. The van der Waals surface area contributed by atoms with Gasteiger partial charge in [-0.2, -0.15) is 0 Å². The number of nitrogens with zero attached hydrogens (tertiary/aromatic N) is 1. The predicted molar refractivity (Wildman–Crippen MR) is 245 cm³/mol. The number of rotatable bonds is 7. The van der Waals surface area contributed by atoms with Crippen molar-refractivity contribution in [1.29, 1.82) is 0 Å². The Morgan fingerprint density at radius 2 is 0.793 bits per heavy atom. The third-order valence-corrected chi connectivity index (χ3v) is 11.5. The van der Waals surface area contributed by atoms with E-state index in [1.807, 2.05) is 0 Å². The van der Waals surface area contributed by atoms with E-state index < -0.39 is 0 Å². The molecule has 0 bridgehead atoms. The monoisotopic (exact) mass is 739 g/mol. The smallest absolute Gasteiger partial charge is 0.143 e. The van der Waals surface area contributed by atoms with Crippen LogP contribution in [0.5, 0.6) is 0 Å². The number of anilines is 3. The van der Waals surface area contributed by atoms with Crippen molar-refractivity contribution in [3.05, 3.63) is 224 Å². The Bertz CT molecular complexity index is 3250. The largest absolute Gasteiger partial charge is 0.455 e. The molecule has 1 aromatic heterocycles. The Labute approximate surface area is 337 Å². The second-order valence-electron chi connectivity index (χ2n) is 14.9. The van der Waals surface area contributed by atoms with Crippen molar-refractivity contribution in [2.45, 2.75) is 0 Å². The molecule has 11 aromatic rings. The van der Waals surface area contributed by atoms with Gasteiger partial charge in [0.25, 0.3) is 0 Å². The second-order valence-corrected chi connectivity index (χ2v) is 14.9. The molecular weight excluding hydrogens is 703 g/mol. The quantitative estimate of drug-likeness (QED) is 0.162. The van der Waals surface area contributed by atoms with Gasteiger partial charge in [0.15, 0.2) is 0 Å². The third-order valence-electron chi connectivity index (χ3n) is 11.5. The van der Waals surface area contributed by atoms with Gasteiger partial charge >= 0.3 is 0 Å². The summed E-state index contributed by atoms with van der Waals surface area (Å²) < 4.78 is 6.53. The lowest BCUT2D eigenvalue weighted by Gasteiger charge is -2.26. The first-order valence-electron chi connectivity index (χ1n) is 19.8. The molecule has 0 aliphatic rings. The van der Waals surface area contributed by atoms with Gasteiger partial charge in [0.05, 0.1) is 0 Å². The van der Waals surface area contributed by atoms with Gasteiger partial charge in [0, 0.05) is 33.2 Å². The van der Waals surface area contributed by atoms with Gasteiger partial charge in [-0.1, -0.05) is 170 Å². The van der Waals surface area contributed by atoms with Gasteiger partial charge in [-0.3, -0.25) is 0 Å². The van der Waals surface area contributed by atoms with Gasteiger partial charge in [0.2, 0.25) is 0 Å². The lowest BCUT2D eigenvalue weighted by atomic mass is 9.95. The molecule has 0 fully saturated rings. The standard InChI is InChI=1S/C56H37NO/c1-2-11-38(12-3-1)39-23-30-46(31-24-39)57(47-32-25-40(26-33-47)44-16-8-17-45(37-44)50-20-9-15-41-13-4-6-18-49(41)50)48-34-27-43(28-35-48)51-21-10-22-54-55(51)53-36-29-42-14-5-7-19-52(42)56(53)58-54/h1-37H. The minimum atomic E-state index is 0.899.